The quantitative estimate of drug-likeness (QED) is 0.516. The van der Waals surface area contributed by atoms with Crippen LogP contribution in [0.2, 0.25) is 0 Å². The molecule has 0 saturated heterocycles. The van der Waals surface area contributed by atoms with Crippen molar-refractivity contribution < 1.29 is 9.59 Å². The minimum atomic E-state index is -0.499. The SMILES string of the molecule is Cc1sc2ncnc(SC(C)C(=O)Nc3ccc(C(N)=O)cc3)c2c1C. The Morgan fingerprint density at radius 3 is 2.54 bits per heavy atom. The number of aryl methyl sites for hydroxylation is 2. The van der Waals surface area contributed by atoms with Gasteiger partial charge in [0.15, 0.2) is 0 Å². The van der Waals surface area contributed by atoms with E-state index >= 15 is 0 Å². The van der Waals surface area contributed by atoms with Crippen molar-refractivity contribution in [2.24, 2.45) is 5.73 Å². The Morgan fingerprint density at radius 1 is 1.19 bits per heavy atom. The summed E-state index contributed by atoms with van der Waals surface area (Å²) in [6, 6.07) is 6.48. The number of carbonyl (C=O) groups excluding carboxylic acids is 2. The lowest BCUT2D eigenvalue weighted by Gasteiger charge is -2.12. The molecule has 8 heteroatoms. The molecule has 0 aliphatic heterocycles. The fraction of sp³-hybridized carbons (Fsp3) is 0.222. The average Bonchev–Trinajstić information content (AvgIpc) is 2.90. The zero-order valence-electron chi connectivity index (χ0n) is 14.6. The van der Waals surface area contributed by atoms with Crippen LogP contribution in [0, 0.1) is 13.8 Å². The molecule has 0 aliphatic carbocycles. The number of amides is 2. The van der Waals surface area contributed by atoms with Gasteiger partial charge in [0.25, 0.3) is 0 Å². The molecule has 2 aromatic heterocycles. The van der Waals surface area contributed by atoms with E-state index in [9.17, 15) is 9.59 Å². The molecule has 2 amide bonds. The number of thiophene rings is 1. The van der Waals surface area contributed by atoms with E-state index in [0.717, 1.165) is 20.8 Å². The van der Waals surface area contributed by atoms with Gasteiger partial charge >= 0.3 is 0 Å². The summed E-state index contributed by atoms with van der Waals surface area (Å²) < 4.78 is 0. The molecule has 134 valence electrons. The summed E-state index contributed by atoms with van der Waals surface area (Å²) in [4.78, 5) is 34.4. The van der Waals surface area contributed by atoms with E-state index in [1.807, 2.05) is 13.8 Å². The number of nitrogens with zero attached hydrogens (tertiary/aromatic N) is 2. The molecule has 1 aromatic carbocycles. The molecule has 1 unspecified atom stereocenters. The smallest absolute Gasteiger partial charge is 0.248 e. The highest BCUT2D eigenvalue weighted by Crippen LogP contribution is 2.36. The number of carbonyl (C=O) groups is 2. The predicted molar refractivity (Wildman–Crippen MR) is 106 cm³/mol. The maximum absolute atomic E-state index is 12.5. The van der Waals surface area contributed by atoms with Gasteiger partial charge in [-0.2, -0.15) is 0 Å². The van der Waals surface area contributed by atoms with E-state index < -0.39 is 5.91 Å². The van der Waals surface area contributed by atoms with Gasteiger partial charge in [-0.1, -0.05) is 11.8 Å². The largest absolute Gasteiger partial charge is 0.366 e. The number of thioether (sulfide) groups is 1. The van der Waals surface area contributed by atoms with Crippen LogP contribution in [0.25, 0.3) is 10.2 Å². The van der Waals surface area contributed by atoms with Gasteiger partial charge in [0, 0.05) is 21.5 Å². The third kappa shape index (κ3) is 3.71. The van der Waals surface area contributed by atoms with Gasteiger partial charge in [0.05, 0.1) is 5.25 Å². The van der Waals surface area contributed by atoms with Crippen molar-refractivity contribution in [3.63, 3.8) is 0 Å². The van der Waals surface area contributed by atoms with Crippen molar-refractivity contribution in [2.45, 2.75) is 31.0 Å². The lowest BCUT2D eigenvalue weighted by molar-refractivity contribution is -0.115. The average molecular weight is 387 g/mol. The standard InChI is InChI=1S/C18H18N4O2S2/c1-9-10(2)25-17-14(9)18(21-8-20-17)26-11(3)16(24)22-13-6-4-12(5-7-13)15(19)23/h4-8,11H,1-3H3,(H2,19,23)(H,22,24). The van der Waals surface area contributed by atoms with E-state index in [1.165, 1.54) is 23.0 Å². The molecular weight excluding hydrogens is 368 g/mol. The number of aromatic nitrogens is 2. The fourth-order valence-corrected chi connectivity index (χ4v) is 4.46. The second-order valence-corrected chi connectivity index (χ2v) is 8.37. The van der Waals surface area contributed by atoms with Crippen molar-refractivity contribution >= 4 is 50.8 Å². The Hall–Kier alpha value is -2.45. The second-order valence-electron chi connectivity index (χ2n) is 5.83. The van der Waals surface area contributed by atoms with Crippen molar-refractivity contribution in [3.05, 3.63) is 46.6 Å². The Morgan fingerprint density at radius 2 is 1.88 bits per heavy atom. The molecule has 0 radical (unpaired) electrons. The summed E-state index contributed by atoms with van der Waals surface area (Å²) in [5, 5.41) is 4.33. The van der Waals surface area contributed by atoms with E-state index in [1.54, 1.807) is 35.6 Å². The number of primary amides is 1. The lowest BCUT2D eigenvalue weighted by atomic mass is 10.2. The zero-order chi connectivity index (χ0) is 18.8. The third-order valence-electron chi connectivity index (χ3n) is 4.03. The van der Waals surface area contributed by atoms with Crippen LogP contribution in [-0.4, -0.2) is 27.0 Å². The molecule has 0 saturated carbocycles. The third-order valence-corrected chi connectivity index (χ3v) is 6.24. The van der Waals surface area contributed by atoms with Crippen molar-refractivity contribution in [1.82, 2.24) is 9.97 Å². The first kappa shape index (κ1) is 18.3. The zero-order valence-corrected chi connectivity index (χ0v) is 16.2. The first-order valence-corrected chi connectivity index (χ1v) is 9.64. The monoisotopic (exact) mass is 386 g/mol. The van der Waals surface area contributed by atoms with E-state index in [0.29, 0.717) is 11.3 Å². The summed E-state index contributed by atoms with van der Waals surface area (Å²) in [6.45, 7) is 5.94. The Bertz CT molecular complexity index is 983. The van der Waals surface area contributed by atoms with Crippen molar-refractivity contribution in [3.8, 4) is 0 Å². The molecule has 0 aliphatic rings. The van der Waals surface area contributed by atoms with E-state index in [4.69, 9.17) is 5.73 Å². The van der Waals surface area contributed by atoms with Crippen LogP contribution in [0.3, 0.4) is 0 Å². The number of fused-ring (bicyclic) bond motifs is 1. The molecule has 26 heavy (non-hydrogen) atoms. The van der Waals surface area contributed by atoms with Crippen LogP contribution in [-0.2, 0) is 4.79 Å². The molecule has 3 rings (SSSR count). The first-order valence-electron chi connectivity index (χ1n) is 7.95. The lowest BCUT2D eigenvalue weighted by Crippen LogP contribution is -2.22. The van der Waals surface area contributed by atoms with E-state index in [2.05, 4.69) is 22.2 Å². The normalized spacial score (nSPS) is 12.1. The predicted octanol–water partition coefficient (Wildman–Crippen LogP) is 3.53. The first-order chi connectivity index (χ1) is 12.4. The number of hydrogen-bond acceptors (Lipinski definition) is 6. The minimum Gasteiger partial charge on any atom is -0.366 e. The number of nitrogens with two attached hydrogens (primary N) is 1. The summed E-state index contributed by atoms with van der Waals surface area (Å²) in [6.07, 6.45) is 1.53. The maximum atomic E-state index is 12.5. The van der Waals surface area contributed by atoms with Crippen LogP contribution < -0.4 is 11.1 Å². The number of anilines is 1. The van der Waals surface area contributed by atoms with Gasteiger partial charge in [-0.15, -0.1) is 11.3 Å². The molecule has 1 atom stereocenters. The number of hydrogen-bond donors (Lipinski definition) is 2. The van der Waals surface area contributed by atoms with Crippen LogP contribution >= 0.6 is 23.1 Å². The van der Waals surface area contributed by atoms with Gasteiger partial charge in [-0.3, -0.25) is 9.59 Å². The molecule has 3 aromatic rings. The Labute approximate surface area is 159 Å². The summed E-state index contributed by atoms with van der Waals surface area (Å²) >= 11 is 3.04. The summed E-state index contributed by atoms with van der Waals surface area (Å²) in [7, 11) is 0. The highest BCUT2D eigenvalue weighted by atomic mass is 32.2. The van der Waals surface area contributed by atoms with Crippen LogP contribution in [0.4, 0.5) is 5.69 Å². The molecule has 3 N–H and O–H groups in total. The molecule has 2 heterocycles. The second kappa shape index (κ2) is 7.43. The van der Waals surface area contributed by atoms with Gasteiger partial charge in [0.2, 0.25) is 11.8 Å². The summed E-state index contributed by atoms with van der Waals surface area (Å²) in [5.41, 5.74) is 7.39. The number of rotatable bonds is 5. The van der Waals surface area contributed by atoms with E-state index in [-0.39, 0.29) is 11.2 Å². The summed E-state index contributed by atoms with van der Waals surface area (Å²) in [5.74, 6) is -0.640. The maximum Gasteiger partial charge on any atom is 0.248 e. The number of nitrogens with one attached hydrogen (secondary N) is 1. The van der Waals surface area contributed by atoms with Gasteiger partial charge in [-0.25, -0.2) is 9.97 Å². The minimum absolute atomic E-state index is 0.141. The Kier molecular flexibility index (Phi) is 5.24. The highest BCUT2D eigenvalue weighted by Gasteiger charge is 2.19. The Balaban J connectivity index is 1.74. The molecule has 0 fully saturated rings. The van der Waals surface area contributed by atoms with Crippen molar-refractivity contribution in [1.29, 1.82) is 0 Å². The highest BCUT2D eigenvalue weighted by molar-refractivity contribution is 8.00. The van der Waals surface area contributed by atoms with Crippen LogP contribution in [0.1, 0.15) is 27.7 Å². The van der Waals surface area contributed by atoms with Gasteiger partial charge < -0.3 is 11.1 Å². The topological polar surface area (TPSA) is 98.0 Å². The number of benzene rings is 1. The van der Waals surface area contributed by atoms with Crippen molar-refractivity contribution in [2.75, 3.05) is 5.32 Å². The fourth-order valence-electron chi connectivity index (χ4n) is 2.42. The molecule has 0 bridgehead atoms. The van der Waals surface area contributed by atoms with Gasteiger partial charge in [0.1, 0.15) is 16.2 Å². The molecule has 0 spiro atoms. The van der Waals surface area contributed by atoms with Crippen LogP contribution in [0.5, 0.6) is 0 Å². The molecular formula is C18H18N4O2S2. The molecule has 6 nitrogen and oxygen atoms in total. The van der Waals surface area contributed by atoms with Gasteiger partial charge in [-0.05, 0) is 50.6 Å². The van der Waals surface area contributed by atoms with Crippen LogP contribution in [0.15, 0.2) is 35.6 Å².